The van der Waals surface area contributed by atoms with E-state index in [9.17, 15) is 0 Å². The van der Waals surface area contributed by atoms with Crippen LogP contribution in [0.15, 0.2) is 30.3 Å². The molecule has 0 aliphatic rings. The molecule has 0 saturated carbocycles. The summed E-state index contributed by atoms with van der Waals surface area (Å²) >= 11 is 0. The molecule has 0 saturated heterocycles. The van der Waals surface area contributed by atoms with Gasteiger partial charge in [0.15, 0.2) is 0 Å². The van der Waals surface area contributed by atoms with Gasteiger partial charge in [0.05, 0.1) is 6.61 Å². The first-order valence-electron chi connectivity index (χ1n) is 5.61. The highest BCUT2D eigenvalue weighted by Crippen LogP contribution is 2.15. The molecule has 1 rings (SSSR count). The quantitative estimate of drug-likeness (QED) is 0.692. The maximum atomic E-state index is 5.41. The summed E-state index contributed by atoms with van der Waals surface area (Å²) in [5.74, 6) is 0. The predicted octanol–water partition coefficient (Wildman–Crippen LogP) is 2.34. The molecule has 0 aromatic heterocycles. The van der Waals surface area contributed by atoms with E-state index in [1.807, 2.05) is 0 Å². The Labute approximate surface area is 95.6 Å². The van der Waals surface area contributed by atoms with Crippen LogP contribution in [0, 0.1) is 0 Å². The van der Waals surface area contributed by atoms with Gasteiger partial charge in [-0.15, -0.1) is 0 Å². The molecule has 0 bridgehead atoms. The normalized spacial score (nSPS) is 12.0. The average molecular weight is 220 g/mol. The summed E-state index contributed by atoms with van der Waals surface area (Å²) in [6.07, 6.45) is 4.26. The van der Waals surface area contributed by atoms with Gasteiger partial charge in [-0.25, -0.2) is 0 Å². The lowest BCUT2D eigenvalue weighted by atomic mass is 10.0. The summed E-state index contributed by atoms with van der Waals surface area (Å²) in [7, 11) is 1.11. The maximum Gasteiger partial charge on any atom is 0.0712 e. The molecule has 0 aliphatic heterocycles. The SMILES string of the molecule is CC/C=C(\C)c1ccc(COC[SiH3])cc1. The minimum Gasteiger partial charge on any atom is -0.381 e. The molecule has 1 aromatic carbocycles. The Hall–Kier alpha value is -0.863. The van der Waals surface area contributed by atoms with Crippen molar-refractivity contribution in [2.24, 2.45) is 0 Å². The Morgan fingerprint density at radius 1 is 1.33 bits per heavy atom. The van der Waals surface area contributed by atoms with E-state index in [4.69, 9.17) is 4.74 Å². The van der Waals surface area contributed by atoms with Gasteiger partial charge in [-0.2, -0.15) is 0 Å². The van der Waals surface area contributed by atoms with Gasteiger partial charge in [0, 0.05) is 16.5 Å². The van der Waals surface area contributed by atoms with Crippen LogP contribution in [-0.2, 0) is 11.3 Å². The van der Waals surface area contributed by atoms with E-state index in [2.05, 4.69) is 44.2 Å². The van der Waals surface area contributed by atoms with E-state index in [1.54, 1.807) is 0 Å². The van der Waals surface area contributed by atoms with Gasteiger partial charge in [-0.05, 0) is 30.0 Å². The predicted molar refractivity (Wildman–Crippen MR) is 70.0 cm³/mol. The average Bonchev–Trinajstić information content (AvgIpc) is 2.27. The van der Waals surface area contributed by atoms with Crippen LogP contribution in [0.4, 0.5) is 0 Å². The summed E-state index contributed by atoms with van der Waals surface area (Å²) < 4.78 is 5.41. The molecule has 82 valence electrons. The number of hydrogen-bond acceptors (Lipinski definition) is 1. The molecule has 0 amide bonds. The second-order valence-electron chi connectivity index (χ2n) is 3.63. The zero-order valence-electron chi connectivity index (χ0n) is 9.92. The molecule has 15 heavy (non-hydrogen) atoms. The highest BCUT2D eigenvalue weighted by Gasteiger charge is 1.96. The van der Waals surface area contributed by atoms with Crippen LogP contribution in [0.1, 0.15) is 31.4 Å². The van der Waals surface area contributed by atoms with Gasteiger partial charge in [0.1, 0.15) is 0 Å². The second kappa shape index (κ2) is 6.59. The molecule has 0 aliphatic carbocycles. The van der Waals surface area contributed by atoms with E-state index in [-0.39, 0.29) is 0 Å². The second-order valence-corrected chi connectivity index (χ2v) is 4.21. The number of benzene rings is 1. The van der Waals surface area contributed by atoms with Crippen LogP contribution < -0.4 is 0 Å². The summed E-state index contributed by atoms with van der Waals surface area (Å²) in [4.78, 5) is 0. The highest BCUT2D eigenvalue weighted by molar-refractivity contribution is 6.08. The summed E-state index contributed by atoms with van der Waals surface area (Å²) in [6, 6.07) is 8.65. The van der Waals surface area contributed by atoms with Crippen molar-refractivity contribution in [1.29, 1.82) is 0 Å². The first kappa shape index (κ1) is 12.2. The Morgan fingerprint density at radius 2 is 2.00 bits per heavy atom. The molecule has 1 nitrogen and oxygen atoms in total. The van der Waals surface area contributed by atoms with Gasteiger partial charge in [-0.1, -0.05) is 37.3 Å². The number of rotatable bonds is 5. The van der Waals surface area contributed by atoms with E-state index >= 15 is 0 Å². The molecular formula is C13H20OSi. The highest BCUT2D eigenvalue weighted by atomic mass is 28.1. The fourth-order valence-corrected chi connectivity index (χ4v) is 1.71. The van der Waals surface area contributed by atoms with Crippen LogP contribution in [0.25, 0.3) is 5.57 Å². The van der Waals surface area contributed by atoms with E-state index in [1.165, 1.54) is 16.7 Å². The van der Waals surface area contributed by atoms with E-state index < -0.39 is 0 Å². The Kier molecular flexibility index (Phi) is 5.36. The van der Waals surface area contributed by atoms with Crippen LogP contribution in [0.5, 0.6) is 0 Å². The number of ether oxygens (including phenoxy) is 1. The van der Waals surface area contributed by atoms with Crippen molar-refractivity contribution in [3.8, 4) is 0 Å². The molecular weight excluding hydrogens is 200 g/mol. The molecule has 0 spiro atoms. The molecule has 0 unspecified atom stereocenters. The third-order valence-corrected chi connectivity index (χ3v) is 2.80. The lowest BCUT2D eigenvalue weighted by molar-refractivity contribution is 0.165. The molecule has 1 aromatic rings. The Morgan fingerprint density at radius 3 is 2.53 bits per heavy atom. The molecule has 0 heterocycles. The Bertz CT molecular complexity index is 314. The third-order valence-electron chi connectivity index (χ3n) is 2.39. The first-order chi connectivity index (χ1) is 7.27. The van der Waals surface area contributed by atoms with Crippen molar-refractivity contribution < 1.29 is 4.74 Å². The summed E-state index contributed by atoms with van der Waals surface area (Å²) in [5, 5.41) is 0. The molecule has 2 heteroatoms. The van der Waals surface area contributed by atoms with Crippen LogP contribution >= 0.6 is 0 Å². The fraction of sp³-hybridized carbons (Fsp3) is 0.385. The van der Waals surface area contributed by atoms with Crippen molar-refractivity contribution in [2.45, 2.75) is 26.9 Å². The molecule has 0 N–H and O–H groups in total. The monoisotopic (exact) mass is 220 g/mol. The largest absolute Gasteiger partial charge is 0.381 e. The first-order valence-corrected chi connectivity index (χ1v) is 7.03. The topological polar surface area (TPSA) is 9.23 Å². The molecule has 0 atom stereocenters. The van der Waals surface area contributed by atoms with Gasteiger partial charge in [0.25, 0.3) is 0 Å². The molecule has 0 radical (unpaired) electrons. The van der Waals surface area contributed by atoms with Crippen molar-refractivity contribution in [3.05, 3.63) is 41.5 Å². The third kappa shape index (κ3) is 4.02. The van der Waals surface area contributed by atoms with Crippen LogP contribution in [0.3, 0.4) is 0 Å². The summed E-state index contributed by atoms with van der Waals surface area (Å²) in [5.41, 5.74) is 3.93. The van der Waals surface area contributed by atoms with Gasteiger partial charge < -0.3 is 4.74 Å². The minimum atomic E-state index is 0.750. The lowest BCUT2D eigenvalue weighted by Crippen LogP contribution is -1.94. The van der Waals surface area contributed by atoms with Crippen LogP contribution in [-0.4, -0.2) is 16.5 Å². The summed E-state index contributed by atoms with van der Waals surface area (Å²) in [6.45, 7) is 5.07. The zero-order valence-corrected chi connectivity index (χ0v) is 11.9. The van der Waals surface area contributed by atoms with Crippen LogP contribution in [0.2, 0.25) is 0 Å². The van der Waals surface area contributed by atoms with Crippen molar-refractivity contribution in [3.63, 3.8) is 0 Å². The van der Waals surface area contributed by atoms with Gasteiger partial charge >= 0.3 is 0 Å². The van der Waals surface area contributed by atoms with E-state index in [0.29, 0.717) is 0 Å². The van der Waals surface area contributed by atoms with Crippen molar-refractivity contribution in [2.75, 3.05) is 6.23 Å². The van der Waals surface area contributed by atoms with Gasteiger partial charge in [0.2, 0.25) is 0 Å². The fourth-order valence-electron chi connectivity index (χ4n) is 1.51. The zero-order chi connectivity index (χ0) is 11.1. The van der Waals surface area contributed by atoms with Crippen molar-refractivity contribution in [1.82, 2.24) is 0 Å². The number of allylic oxidation sites excluding steroid dienone is 2. The Balaban J connectivity index is 2.67. The molecule has 0 fully saturated rings. The van der Waals surface area contributed by atoms with E-state index in [0.717, 1.165) is 29.5 Å². The maximum absolute atomic E-state index is 5.41. The smallest absolute Gasteiger partial charge is 0.0712 e. The lowest BCUT2D eigenvalue weighted by Gasteiger charge is -2.04. The minimum absolute atomic E-state index is 0.750. The van der Waals surface area contributed by atoms with Gasteiger partial charge in [-0.3, -0.25) is 0 Å². The number of hydrogen-bond donors (Lipinski definition) is 0. The standard InChI is InChI=1S/C13H20OSi/c1-3-4-11(2)13-7-5-12(6-8-13)9-14-10-15/h4-8H,3,9-10H2,1-2,15H3/b11-4+. The van der Waals surface area contributed by atoms with Crippen molar-refractivity contribution >= 4 is 15.8 Å².